The summed E-state index contributed by atoms with van der Waals surface area (Å²) in [5.41, 5.74) is 1.57. The number of amides is 1. The van der Waals surface area contributed by atoms with E-state index < -0.39 is 15.9 Å². The predicted molar refractivity (Wildman–Crippen MR) is 92.4 cm³/mol. The van der Waals surface area contributed by atoms with Crippen LogP contribution in [0.15, 0.2) is 29.2 Å². The van der Waals surface area contributed by atoms with Crippen molar-refractivity contribution in [3.63, 3.8) is 0 Å². The maximum absolute atomic E-state index is 12.4. The summed E-state index contributed by atoms with van der Waals surface area (Å²) in [6.07, 6.45) is 0. The van der Waals surface area contributed by atoms with Crippen LogP contribution >= 0.6 is 35.6 Å². The number of nitrogens with zero attached hydrogens (tertiary/aromatic N) is 1. The highest BCUT2D eigenvalue weighted by Crippen LogP contribution is 2.36. The van der Waals surface area contributed by atoms with E-state index in [-0.39, 0.29) is 16.8 Å². The van der Waals surface area contributed by atoms with Gasteiger partial charge >= 0.3 is 0 Å². The first-order valence-corrected chi connectivity index (χ1v) is 9.36. The molecule has 9 heteroatoms. The fraction of sp³-hybridized carbons (Fsp3) is 0.231. The van der Waals surface area contributed by atoms with Gasteiger partial charge in [-0.25, -0.2) is 0 Å². The van der Waals surface area contributed by atoms with Crippen LogP contribution in [0.5, 0.6) is 0 Å². The lowest BCUT2D eigenvalue weighted by Gasteiger charge is -2.13. The number of thioether (sulfide) groups is 1. The normalized spacial score (nSPS) is 18.0. The lowest BCUT2D eigenvalue weighted by molar-refractivity contribution is -0.121. The quantitative estimate of drug-likeness (QED) is 0.494. The van der Waals surface area contributed by atoms with Crippen LogP contribution in [0.25, 0.3) is 5.57 Å². The molecular weight excluding hydrogens is 366 g/mol. The van der Waals surface area contributed by atoms with Gasteiger partial charge in [-0.05, 0) is 30.2 Å². The summed E-state index contributed by atoms with van der Waals surface area (Å²) in [5.74, 6) is -0.904. The number of allylic oxidation sites excluding steroid dienone is 1. The van der Waals surface area contributed by atoms with E-state index in [9.17, 15) is 13.2 Å². The SMILES string of the molecule is C/C(=C1\SC(=S)N(CCS(=O)(=O)O)C1=O)c1ccc(Cl)cc1. The van der Waals surface area contributed by atoms with Gasteiger partial charge in [0.2, 0.25) is 0 Å². The Kier molecular flexibility index (Phi) is 5.29. The first kappa shape index (κ1) is 17.4. The van der Waals surface area contributed by atoms with Gasteiger partial charge in [0.25, 0.3) is 16.0 Å². The van der Waals surface area contributed by atoms with E-state index in [0.29, 0.717) is 9.93 Å². The second-order valence-corrected chi connectivity index (χ2v) is 8.22. The minimum atomic E-state index is -4.15. The van der Waals surface area contributed by atoms with Crippen molar-refractivity contribution in [2.45, 2.75) is 6.92 Å². The van der Waals surface area contributed by atoms with E-state index in [1.165, 1.54) is 4.90 Å². The van der Waals surface area contributed by atoms with Crippen molar-refractivity contribution < 1.29 is 17.8 Å². The van der Waals surface area contributed by atoms with Crippen LogP contribution in [-0.2, 0) is 14.9 Å². The van der Waals surface area contributed by atoms with E-state index >= 15 is 0 Å². The van der Waals surface area contributed by atoms with Gasteiger partial charge in [-0.2, -0.15) is 8.42 Å². The van der Waals surface area contributed by atoms with Crippen LogP contribution in [0.1, 0.15) is 12.5 Å². The molecule has 1 saturated heterocycles. The molecule has 1 aromatic carbocycles. The Bertz CT molecular complexity index is 756. The smallest absolute Gasteiger partial charge is 0.266 e. The minimum Gasteiger partial charge on any atom is -0.292 e. The van der Waals surface area contributed by atoms with Crippen LogP contribution in [0.3, 0.4) is 0 Å². The fourth-order valence-electron chi connectivity index (χ4n) is 1.86. The highest BCUT2D eigenvalue weighted by molar-refractivity contribution is 8.26. The van der Waals surface area contributed by atoms with E-state index in [4.69, 9.17) is 28.4 Å². The Morgan fingerprint density at radius 2 is 1.95 bits per heavy atom. The van der Waals surface area contributed by atoms with Crippen molar-refractivity contribution in [1.29, 1.82) is 0 Å². The summed E-state index contributed by atoms with van der Waals surface area (Å²) in [7, 11) is -4.15. The number of carbonyl (C=O) groups excluding carboxylic acids is 1. The van der Waals surface area contributed by atoms with Gasteiger partial charge in [0, 0.05) is 11.6 Å². The molecule has 118 valence electrons. The van der Waals surface area contributed by atoms with Gasteiger partial charge in [-0.15, -0.1) is 0 Å². The highest BCUT2D eigenvalue weighted by atomic mass is 35.5. The number of thiocarbonyl (C=S) groups is 1. The van der Waals surface area contributed by atoms with Gasteiger partial charge in [0.1, 0.15) is 4.32 Å². The molecule has 1 aliphatic heterocycles. The van der Waals surface area contributed by atoms with Crippen LogP contribution in [0.4, 0.5) is 0 Å². The zero-order valence-electron chi connectivity index (χ0n) is 11.4. The molecule has 0 atom stereocenters. The lowest BCUT2D eigenvalue weighted by atomic mass is 10.1. The summed E-state index contributed by atoms with van der Waals surface area (Å²) in [6, 6.07) is 7.03. The van der Waals surface area contributed by atoms with Crippen LogP contribution in [-0.4, -0.2) is 40.4 Å². The number of hydrogen-bond donors (Lipinski definition) is 1. The van der Waals surface area contributed by atoms with Gasteiger partial charge in [-0.3, -0.25) is 14.2 Å². The zero-order chi connectivity index (χ0) is 16.5. The lowest BCUT2D eigenvalue weighted by Crippen LogP contribution is -2.32. The molecule has 0 bridgehead atoms. The van der Waals surface area contributed by atoms with Crippen molar-refractivity contribution in [2.24, 2.45) is 0 Å². The van der Waals surface area contributed by atoms with Gasteiger partial charge in [0.05, 0.1) is 10.7 Å². The molecule has 0 radical (unpaired) electrons. The standard InChI is InChI=1S/C13H12ClNO4S3/c1-8(9-2-4-10(14)5-3-9)11-12(16)15(13(20)21-11)6-7-22(17,18)19/h2-5H,6-7H2,1H3,(H,17,18,19)/b11-8+. The molecule has 0 aliphatic carbocycles. The molecule has 2 rings (SSSR count). The Morgan fingerprint density at radius 3 is 2.50 bits per heavy atom. The molecule has 1 amide bonds. The monoisotopic (exact) mass is 377 g/mol. The fourth-order valence-corrected chi connectivity index (χ4v) is 3.75. The Balaban J connectivity index is 2.26. The molecular formula is C13H12ClNO4S3. The second-order valence-electron chi connectivity index (χ2n) is 4.57. The van der Waals surface area contributed by atoms with E-state index in [0.717, 1.165) is 22.9 Å². The van der Waals surface area contributed by atoms with Gasteiger partial charge in [0.15, 0.2) is 0 Å². The molecule has 22 heavy (non-hydrogen) atoms. The van der Waals surface area contributed by atoms with Crippen LogP contribution in [0.2, 0.25) is 5.02 Å². The van der Waals surface area contributed by atoms with Gasteiger partial charge in [-0.1, -0.05) is 47.7 Å². The molecule has 1 fully saturated rings. The molecule has 0 aromatic heterocycles. The molecule has 0 unspecified atom stereocenters. The third kappa shape index (κ3) is 4.08. The average Bonchev–Trinajstić information content (AvgIpc) is 2.71. The van der Waals surface area contributed by atoms with Crippen LogP contribution < -0.4 is 0 Å². The number of carbonyl (C=O) groups is 1. The molecule has 5 nitrogen and oxygen atoms in total. The summed E-state index contributed by atoms with van der Waals surface area (Å²) in [6.45, 7) is 1.62. The van der Waals surface area contributed by atoms with Crippen molar-refractivity contribution in [1.82, 2.24) is 4.90 Å². The summed E-state index contributed by atoms with van der Waals surface area (Å²) in [5, 5.41) is 0.595. The summed E-state index contributed by atoms with van der Waals surface area (Å²) >= 11 is 12.1. The average molecular weight is 378 g/mol. The summed E-state index contributed by atoms with van der Waals surface area (Å²) in [4.78, 5) is 14.0. The third-order valence-electron chi connectivity index (χ3n) is 3.04. The van der Waals surface area contributed by atoms with Gasteiger partial charge < -0.3 is 0 Å². The Labute approximate surface area is 143 Å². The first-order valence-electron chi connectivity index (χ1n) is 6.14. The highest BCUT2D eigenvalue weighted by Gasteiger charge is 2.34. The molecule has 1 N–H and O–H groups in total. The summed E-state index contributed by atoms with van der Waals surface area (Å²) < 4.78 is 30.7. The van der Waals surface area contributed by atoms with E-state index in [1.54, 1.807) is 31.2 Å². The molecule has 1 aliphatic rings. The number of hydrogen-bond acceptors (Lipinski definition) is 5. The zero-order valence-corrected chi connectivity index (χ0v) is 14.7. The molecule has 0 spiro atoms. The maximum Gasteiger partial charge on any atom is 0.266 e. The molecule has 1 aromatic rings. The third-order valence-corrected chi connectivity index (χ3v) is 5.54. The predicted octanol–water partition coefficient (Wildman–Crippen LogP) is 2.82. The minimum absolute atomic E-state index is 0.166. The molecule has 1 heterocycles. The molecule has 0 saturated carbocycles. The second kappa shape index (κ2) is 6.67. The first-order chi connectivity index (χ1) is 10.2. The Morgan fingerprint density at radius 1 is 1.36 bits per heavy atom. The maximum atomic E-state index is 12.4. The number of benzene rings is 1. The number of halogens is 1. The van der Waals surface area contributed by atoms with Crippen molar-refractivity contribution in [3.8, 4) is 0 Å². The van der Waals surface area contributed by atoms with Crippen molar-refractivity contribution in [2.75, 3.05) is 12.3 Å². The van der Waals surface area contributed by atoms with Crippen molar-refractivity contribution in [3.05, 3.63) is 39.8 Å². The Hall–Kier alpha value is -0.930. The van der Waals surface area contributed by atoms with Crippen molar-refractivity contribution >= 4 is 61.5 Å². The largest absolute Gasteiger partial charge is 0.292 e. The van der Waals surface area contributed by atoms with E-state index in [1.807, 2.05) is 0 Å². The topological polar surface area (TPSA) is 74.7 Å². The van der Waals surface area contributed by atoms with Crippen LogP contribution in [0, 0.1) is 0 Å². The number of rotatable bonds is 4. The van der Waals surface area contributed by atoms with E-state index in [2.05, 4.69) is 0 Å².